The number of hydrogen-bond acceptors (Lipinski definition) is 4. The first-order valence-corrected chi connectivity index (χ1v) is 3.80. The first-order valence-electron chi connectivity index (χ1n) is 2.92. The van der Waals surface area contributed by atoms with E-state index in [1.165, 1.54) is 11.3 Å². The predicted molar refractivity (Wildman–Crippen MR) is 41.3 cm³/mol. The highest BCUT2D eigenvalue weighted by Gasteiger charge is 1.94. The second-order valence-corrected chi connectivity index (χ2v) is 2.79. The minimum Gasteiger partial charge on any atom is -0.354 e. The van der Waals surface area contributed by atoms with Crippen LogP contribution in [0.1, 0.15) is 6.92 Å². The third-order valence-electron chi connectivity index (χ3n) is 0.921. The molecule has 1 N–H and O–H groups in total. The molecule has 0 saturated heterocycles. The molecule has 1 aromatic rings. The largest absolute Gasteiger partial charge is 0.354 e. The van der Waals surface area contributed by atoms with Crippen molar-refractivity contribution in [3.8, 4) is 0 Å². The molecular weight excluding hydrogens is 148 g/mol. The Balaban J connectivity index is 2.35. The number of thiazole rings is 1. The number of nitrogens with one attached hydrogen (secondary N) is 1. The maximum Gasteiger partial charge on any atom is 0.182 e. The van der Waals surface area contributed by atoms with E-state index in [4.69, 9.17) is 0 Å². The van der Waals surface area contributed by atoms with Gasteiger partial charge in [-0.3, -0.25) is 4.79 Å². The number of Topliss-reactive ketones (excluding diaryl/α,β-unsaturated/α-hetero) is 1. The van der Waals surface area contributed by atoms with Gasteiger partial charge in [-0.25, -0.2) is 4.98 Å². The van der Waals surface area contributed by atoms with Gasteiger partial charge in [-0.1, -0.05) is 0 Å². The Hall–Kier alpha value is -0.900. The van der Waals surface area contributed by atoms with Crippen LogP contribution in [-0.2, 0) is 4.79 Å². The molecule has 0 atom stereocenters. The normalized spacial score (nSPS) is 9.30. The molecule has 0 fully saturated rings. The first kappa shape index (κ1) is 7.21. The number of nitrogens with zero attached hydrogens (tertiary/aromatic N) is 1. The summed E-state index contributed by atoms with van der Waals surface area (Å²) in [6.07, 6.45) is 1.70. The molecule has 10 heavy (non-hydrogen) atoms. The van der Waals surface area contributed by atoms with Crippen molar-refractivity contribution in [2.75, 3.05) is 11.9 Å². The van der Waals surface area contributed by atoms with Gasteiger partial charge in [0.2, 0.25) is 0 Å². The molecule has 4 heteroatoms. The molecule has 1 rings (SSSR count). The van der Waals surface area contributed by atoms with Gasteiger partial charge < -0.3 is 5.32 Å². The second kappa shape index (κ2) is 3.31. The number of hydrogen-bond donors (Lipinski definition) is 1. The maximum absolute atomic E-state index is 10.5. The molecule has 0 aromatic carbocycles. The molecule has 0 aliphatic carbocycles. The van der Waals surface area contributed by atoms with Gasteiger partial charge in [0.25, 0.3) is 0 Å². The van der Waals surface area contributed by atoms with Crippen molar-refractivity contribution in [3.63, 3.8) is 0 Å². The zero-order valence-electron chi connectivity index (χ0n) is 5.63. The number of ketones is 1. The van der Waals surface area contributed by atoms with Crippen LogP contribution in [0.25, 0.3) is 0 Å². The monoisotopic (exact) mass is 156 g/mol. The summed E-state index contributed by atoms with van der Waals surface area (Å²) in [4.78, 5) is 14.4. The van der Waals surface area contributed by atoms with E-state index in [0.29, 0.717) is 6.54 Å². The van der Waals surface area contributed by atoms with E-state index in [2.05, 4.69) is 10.3 Å². The van der Waals surface area contributed by atoms with Gasteiger partial charge in [0.15, 0.2) is 5.13 Å². The molecule has 0 aliphatic rings. The van der Waals surface area contributed by atoms with Crippen molar-refractivity contribution >= 4 is 22.3 Å². The average Bonchev–Trinajstić information content (AvgIpc) is 2.34. The molecular formula is C6H8N2OS. The minimum absolute atomic E-state index is 0.121. The fourth-order valence-corrected chi connectivity index (χ4v) is 1.04. The highest BCUT2D eigenvalue weighted by molar-refractivity contribution is 7.13. The summed E-state index contributed by atoms with van der Waals surface area (Å²) in [6.45, 7) is 1.91. The van der Waals surface area contributed by atoms with Crippen LogP contribution in [-0.4, -0.2) is 17.3 Å². The van der Waals surface area contributed by atoms with Crippen molar-refractivity contribution in [2.45, 2.75) is 6.92 Å². The van der Waals surface area contributed by atoms with Gasteiger partial charge in [0.05, 0.1) is 6.54 Å². The molecule has 0 radical (unpaired) electrons. The summed E-state index contributed by atoms with van der Waals surface area (Å²) >= 11 is 1.49. The number of rotatable bonds is 3. The number of anilines is 1. The number of carbonyl (C=O) groups excluding carboxylic acids is 1. The summed E-state index contributed by atoms with van der Waals surface area (Å²) < 4.78 is 0. The quantitative estimate of drug-likeness (QED) is 0.713. The Kier molecular flexibility index (Phi) is 2.39. The fraction of sp³-hybridized carbons (Fsp3) is 0.333. The smallest absolute Gasteiger partial charge is 0.182 e. The van der Waals surface area contributed by atoms with Crippen LogP contribution in [0.2, 0.25) is 0 Å². The van der Waals surface area contributed by atoms with Gasteiger partial charge in [-0.05, 0) is 6.92 Å². The highest BCUT2D eigenvalue weighted by atomic mass is 32.1. The maximum atomic E-state index is 10.5. The van der Waals surface area contributed by atoms with E-state index in [-0.39, 0.29) is 5.78 Å². The highest BCUT2D eigenvalue weighted by Crippen LogP contribution is 2.08. The van der Waals surface area contributed by atoms with Crippen LogP contribution in [0.5, 0.6) is 0 Å². The lowest BCUT2D eigenvalue weighted by molar-refractivity contribution is -0.115. The lowest BCUT2D eigenvalue weighted by atomic mass is 10.5. The zero-order chi connectivity index (χ0) is 7.40. The molecule has 3 nitrogen and oxygen atoms in total. The Morgan fingerprint density at radius 1 is 1.90 bits per heavy atom. The lowest BCUT2D eigenvalue weighted by Gasteiger charge is -1.95. The molecule has 1 aromatic heterocycles. The Morgan fingerprint density at radius 3 is 3.20 bits per heavy atom. The predicted octanol–water partition coefficient (Wildman–Crippen LogP) is 1.14. The van der Waals surface area contributed by atoms with Crippen molar-refractivity contribution in [3.05, 3.63) is 11.6 Å². The average molecular weight is 156 g/mol. The van der Waals surface area contributed by atoms with Crippen LogP contribution in [0, 0.1) is 0 Å². The number of aromatic nitrogens is 1. The Labute approximate surface area is 63.1 Å². The Bertz CT molecular complexity index is 208. The van der Waals surface area contributed by atoms with E-state index < -0.39 is 0 Å². The zero-order valence-corrected chi connectivity index (χ0v) is 6.44. The Morgan fingerprint density at radius 2 is 2.70 bits per heavy atom. The summed E-state index contributed by atoms with van der Waals surface area (Å²) in [7, 11) is 0. The van der Waals surface area contributed by atoms with Gasteiger partial charge in [0.1, 0.15) is 5.78 Å². The molecule has 0 amide bonds. The molecule has 1 heterocycles. The standard InChI is InChI=1S/C6H8N2OS/c1-5(9)4-8-6-7-2-3-10-6/h2-3H,4H2,1H3,(H,7,8). The van der Waals surface area contributed by atoms with Crippen molar-refractivity contribution < 1.29 is 4.79 Å². The lowest BCUT2D eigenvalue weighted by Crippen LogP contribution is -2.09. The third kappa shape index (κ3) is 2.14. The van der Waals surface area contributed by atoms with Crippen molar-refractivity contribution in [1.82, 2.24) is 4.98 Å². The molecule has 0 unspecified atom stereocenters. The van der Waals surface area contributed by atoms with Gasteiger partial charge in [0, 0.05) is 11.6 Å². The molecule has 0 bridgehead atoms. The van der Waals surface area contributed by atoms with Crippen molar-refractivity contribution in [2.24, 2.45) is 0 Å². The van der Waals surface area contributed by atoms with Gasteiger partial charge >= 0.3 is 0 Å². The van der Waals surface area contributed by atoms with E-state index in [1.807, 2.05) is 5.38 Å². The van der Waals surface area contributed by atoms with Crippen LogP contribution < -0.4 is 5.32 Å². The van der Waals surface area contributed by atoms with E-state index in [9.17, 15) is 4.79 Å². The molecule has 0 aliphatic heterocycles. The molecule has 0 saturated carbocycles. The van der Waals surface area contributed by atoms with Crippen LogP contribution in [0.3, 0.4) is 0 Å². The van der Waals surface area contributed by atoms with Crippen molar-refractivity contribution in [1.29, 1.82) is 0 Å². The molecule has 54 valence electrons. The van der Waals surface area contributed by atoms with Gasteiger partial charge in [-0.15, -0.1) is 11.3 Å². The van der Waals surface area contributed by atoms with Crippen LogP contribution in [0.4, 0.5) is 5.13 Å². The SMILES string of the molecule is CC(=O)CNc1nccs1. The summed E-state index contributed by atoms with van der Waals surface area (Å²) in [5.74, 6) is 0.121. The number of carbonyl (C=O) groups is 1. The van der Waals surface area contributed by atoms with E-state index in [0.717, 1.165) is 5.13 Å². The van der Waals surface area contributed by atoms with Gasteiger partial charge in [-0.2, -0.15) is 0 Å². The van der Waals surface area contributed by atoms with Crippen LogP contribution >= 0.6 is 11.3 Å². The van der Waals surface area contributed by atoms with E-state index in [1.54, 1.807) is 13.1 Å². The summed E-state index contributed by atoms with van der Waals surface area (Å²) in [5.41, 5.74) is 0. The topological polar surface area (TPSA) is 42.0 Å². The summed E-state index contributed by atoms with van der Waals surface area (Å²) in [6, 6.07) is 0. The summed E-state index contributed by atoms with van der Waals surface area (Å²) in [5, 5.41) is 5.55. The van der Waals surface area contributed by atoms with Crippen LogP contribution in [0.15, 0.2) is 11.6 Å². The second-order valence-electron chi connectivity index (χ2n) is 1.89. The third-order valence-corrected chi connectivity index (χ3v) is 1.65. The molecule has 0 spiro atoms. The fourth-order valence-electron chi connectivity index (χ4n) is 0.511. The minimum atomic E-state index is 0.121. The first-order chi connectivity index (χ1) is 4.79. The van der Waals surface area contributed by atoms with E-state index >= 15 is 0 Å².